The zero-order chi connectivity index (χ0) is 53.3. The number of esters is 1. The zero-order valence-electron chi connectivity index (χ0n) is 45.0. The number of aryl methyl sites for hydroxylation is 4. The molecule has 1 saturated heterocycles. The van der Waals surface area contributed by atoms with Crippen LogP contribution in [0.25, 0.3) is 0 Å². The van der Waals surface area contributed by atoms with Crippen molar-refractivity contribution in [2.45, 2.75) is 192 Å². The standard InChI is InChI=1S/C29H42O6S.C29H40O5S/c1-8-29(9-2,23-11-10-22(20(3)16-23)19-36(33,34)28(5,6)7)24-12-14-26(21(4)17-24)35-18-25(30)13-15-27(31)32;1-8-29(9-2,23-11-10-22(20(3)16-23)19-35(31,32)28(5,6)7)24-12-14-26(21(4)17-24)33-18-25-13-15-27(30)34-25/h10-12,14,16-17,25,30H,8-9,13,15,18-19H2,1-7H3,(H,31,32);10-12,14,16-17,25H,8-9,13,15,18-19H2,1-7H3/t2*25-/m00/s1. The summed E-state index contributed by atoms with van der Waals surface area (Å²) in [6, 6.07) is 24.8. The Hall–Kier alpha value is -4.72. The van der Waals surface area contributed by atoms with Crippen LogP contribution in [0, 0.1) is 27.7 Å². The topological polar surface area (TPSA) is 171 Å². The minimum Gasteiger partial charge on any atom is -0.491 e. The van der Waals surface area contributed by atoms with Gasteiger partial charge in [-0.1, -0.05) is 88.4 Å². The summed E-state index contributed by atoms with van der Waals surface area (Å²) in [6.07, 6.45) is 3.78. The number of carboxylic acids is 1. The molecule has 4 aromatic carbocycles. The first-order valence-electron chi connectivity index (χ1n) is 25.2. The van der Waals surface area contributed by atoms with Crippen molar-refractivity contribution in [1.29, 1.82) is 0 Å². The number of carbonyl (C=O) groups excluding carboxylic acids is 1. The van der Waals surface area contributed by atoms with Gasteiger partial charge in [-0.2, -0.15) is 0 Å². The zero-order valence-corrected chi connectivity index (χ0v) is 46.6. The molecule has 0 aromatic heterocycles. The Balaban J connectivity index is 0.000000309. The van der Waals surface area contributed by atoms with Gasteiger partial charge in [-0.15, -0.1) is 0 Å². The summed E-state index contributed by atoms with van der Waals surface area (Å²) in [7, 11) is -6.53. The van der Waals surface area contributed by atoms with Gasteiger partial charge >= 0.3 is 11.9 Å². The van der Waals surface area contributed by atoms with Gasteiger partial charge in [-0.25, -0.2) is 16.8 Å². The van der Waals surface area contributed by atoms with Crippen molar-refractivity contribution in [3.05, 3.63) is 128 Å². The van der Waals surface area contributed by atoms with Crippen LogP contribution in [0.5, 0.6) is 11.5 Å². The van der Waals surface area contributed by atoms with Crippen LogP contribution in [0.3, 0.4) is 0 Å². The summed E-state index contributed by atoms with van der Waals surface area (Å²) >= 11 is 0. The van der Waals surface area contributed by atoms with Crippen LogP contribution in [0.2, 0.25) is 0 Å². The third kappa shape index (κ3) is 14.3. The highest BCUT2D eigenvalue weighted by atomic mass is 32.2. The Morgan fingerprint density at radius 2 is 1.01 bits per heavy atom. The Morgan fingerprint density at radius 3 is 1.34 bits per heavy atom. The second kappa shape index (κ2) is 23.9. The maximum Gasteiger partial charge on any atom is 0.306 e. The van der Waals surface area contributed by atoms with Gasteiger partial charge in [0.05, 0.1) is 27.1 Å². The number of cyclic esters (lactones) is 1. The average molecular weight is 1020 g/mol. The number of benzene rings is 4. The number of ether oxygens (including phenoxy) is 3. The van der Waals surface area contributed by atoms with Gasteiger partial charge in [0.2, 0.25) is 0 Å². The quantitative estimate of drug-likeness (QED) is 0.0761. The molecule has 1 fully saturated rings. The summed E-state index contributed by atoms with van der Waals surface area (Å²) in [5.74, 6) is 0.444. The fourth-order valence-corrected chi connectivity index (χ4v) is 11.6. The lowest BCUT2D eigenvalue weighted by molar-refractivity contribution is -0.142. The number of aliphatic hydroxyl groups is 1. The molecular formula is C58H82O11S2. The van der Waals surface area contributed by atoms with Crippen molar-refractivity contribution in [3.8, 4) is 11.5 Å². The van der Waals surface area contributed by atoms with E-state index in [1.165, 1.54) is 11.1 Å². The van der Waals surface area contributed by atoms with E-state index in [2.05, 4.69) is 70.2 Å². The summed E-state index contributed by atoms with van der Waals surface area (Å²) in [5, 5.41) is 18.8. The molecule has 0 amide bonds. The lowest BCUT2D eigenvalue weighted by atomic mass is 9.70. The van der Waals surface area contributed by atoms with Crippen molar-refractivity contribution in [3.63, 3.8) is 0 Å². The Bertz CT molecular complexity index is 2700. The molecule has 0 radical (unpaired) electrons. The van der Waals surface area contributed by atoms with Crippen LogP contribution in [0.15, 0.2) is 72.8 Å². The van der Waals surface area contributed by atoms with E-state index in [0.717, 1.165) is 75.9 Å². The molecule has 0 aliphatic carbocycles. The SMILES string of the molecule is CCC(CC)(c1ccc(CS(=O)(=O)C(C)(C)C)c(C)c1)c1ccc(OC[C@@H](O)CCC(=O)O)c(C)c1.CCC(CC)(c1ccc(CS(=O)(=O)C(C)(C)C)c(C)c1)c1ccc(OC[C@@H]2CCC(=O)O2)c(C)c1. The first-order chi connectivity index (χ1) is 33.0. The fourth-order valence-electron chi connectivity index (χ4n) is 9.28. The van der Waals surface area contributed by atoms with Gasteiger partial charge in [0.15, 0.2) is 19.7 Å². The summed E-state index contributed by atoms with van der Waals surface area (Å²) in [6.45, 7) is 27.6. The van der Waals surface area contributed by atoms with Gasteiger partial charge in [0, 0.05) is 23.7 Å². The number of hydrogen-bond donors (Lipinski definition) is 2. The number of sulfone groups is 2. The van der Waals surface area contributed by atoms with Gasteiger partial charge in [0.1, 0.15) is 30.8 Å². The van der Waals surface area contributed by atoms with Gasteiger partial charge in [0.25, 0.3) is 0 Å². The van der Waals surface area contributed by atoms with Gasteiger partial charge in [-0.3, -0.25) is 9.59 Å². The maximum absolute atomic E-state index is 12.8. The molecule has 0 spiro atoms. The van der Waals surface area contributed by atoms with Crippen molar-refractivity contribution in [2.24, 2.45) is 0 Å². The van der Waals surface area contributed by atoms with Crippen LogP contribution >= 0.6 is 0 Å². The number of aliphatic carboxylic acids is 1. The van der Waals surface area contributed by atoms with E-state index in [1.807, 2.05) is 58.0 Å². The van der Waals surface area contributed by atoms with Crippen LogP contribution in [-0.2, 0) is 56.3 Å². The Morgan fingerprint density at radius 1 is 0.634 bits per heavy atom. The second-order valence-corrected chi connectivity index (χ2v) is 26.9. The predicted octanol–water partition coefficient (Wildman–Crippen LogP) is 11.9. The number of hydrogen-bond acceptors (Lipinski definition) is 10. The van der Waals surface area contributed by atoms with Crippen LogP contribution < -0.4 is 9.47 Å². The van der Waals surface area contributed by atoms with Crippen molar-refractivity contribution < 1.29 is 50.8 Å². The molecule has 1 heterocycles. The third-order valence-electron chi connectivity index (χ3n) is 14.7. The second-order valence-electron chi connectivity index (χ2n) is 21.4. The normalized spacial score (nSPS) is 15.1. The van der Waals surface area contributed by atoms with Crippen molar-refractivity contribution in [2.75, 3.05) is 13.2 Å². The van der Waals surface area contributed by atoms with Crippen LogP contribution in [0.1, 0.15) is 176 Å². The summed E-state index contributed by atoms with van der Waals surface area (Å²) in [5.41, 5.74) is 9.94. The molecule has 2 N–H and O–H groups in total. The van der Waals surface area contributed by atoms with Crippen LogP contribution in [-0.4, -0.2) is 73.9 Å². The predicted molar refractivity (Wildman–Crippen MR) is 285 cm³/mol. The maximum atomic E-state index is 12.8. The third-order valence-corrected chi connectivity index (χ3v) is 19.8. The lowest BCUT2D eigenvalue weighted by Crippen LogP contribution is -2.30. The summed E-state index contributed by atoms with van der Waals surface area (Å²) < 4.78 is 66.5. The molecule has 0 saturated carbocycles. The highest BCUT2D eigenvalue weighted by Gasteiger charge is 2.35. The number of rotatable bonds is 21. The highest BCUT2D eigenvalue weighted by Crippen LogP contribution is 2.43. The molecule has 5 rings (SSSR count). The lowest BCUT2D eigenvalue weighted by Gasteiger charge is -2.34. The molecule has 0 unspecified atom stereocenters. The molecule has 1 aliphatic rings. The number of aliphatic hydroxyl groups excluding tert-OH is 1. The van der Waals surface area contributed by atoms with Gasteiger partial charge in [-0.05, 0) is 176 Å². The minimum atomic E-state index is -3.28. The monoisotopic (exact) mass is 1020 g/mol. The average Bonchev–Trinajstić information content (AvgIpc) is 3.71. The summed E-state index contributed by atoms with van der Waals surface area (Å²) in [4.78, 5) is 22.0. The van der Waals surface area contributed by atoms with E-state index in [-0.39, 0.29) is 53.9 Å². The molecule has 11 nitrogen and oxygen atoms in total. The molecule has 71 heavy (non-hydrogen) atoms. The van der Waals surface area contributed by atoms with E-state index in [4.69, 9.17) is 19.3 Å². The largest absolute Gasteiger partial charge is 0.491 e. The Labute approximate surface area is 426 Å². The first-order valence-corrected chi connectivity index (χ1v) is 28.5. The molecular weight excluding hydrogens is 937 g/mol. The van der Waals surface area contributed by atoms with Crippen molar-refractivity contribution in [1.82, 2.24) is 0 Å². The molecule has 4 aromatic rings. The van der Waals surface area contributed by atoms with E-state index in [1.54, 1.807) is 41.5 Å². The molecule has 13 heteroatoms. The number of carbonyl (C=O) groups is 2. The highest BCUT2D eigenvalue weighted by molar-refractivity contribution is 7.92. The van der Waals surface area contributed by atoms with Gasteiger partial charge < -0.3 is 24.4 Å². The fraction of sp³-hybridized carbons (Fsp3) is 0.552. The van der Waals surface area contributed by atoms with E-state index >= 15 is 0 Å². The smallest absolute Gasteiger partial charge is 0.306 e. The van der Waals surface area contributed by atoms with E-state index < -0.39 is 41.2 Å². The molecule has 0 bridgehead atoms. The minimum absolute atomic E-state index is 0.0251. The molecule has 2 atom stereocenters. The Kier molecular flexibility index (Phi) is 19.8. The molecule has 1 aliphatic heterocycles. The first kappa shape index (κ1) is 58.8. The number of carboxylic acid groups (broad SMARTS) is 1. The van der Waals surface area contributed by atoms with E-state index in [9.17, 15) is 31.5 Å². The van der Waals surface area contributed by atoms with Crippen molar-refractivity contribution >= 4 is 31.6 Å². The molecule has 392 valence electrons. The van der Waals surface area contributed by atoms with Crippen LogP contribution in [0.4, 0.5) is 0 Å². The van der Waals surface area contributed by atoms with E-state index in [0.29, 0.717) is 25.2 Å².